The summed E-state index contributed by atoms with van der Waals surface area (Å²) >= 11 is 0. The van der Waals surface area contributed by atoms with Gasteiger partial charge in [-0.25, -0.2) is 0 Å². The standard InChI is InChI=1S/C12H17N3O4/c1-3-12(13,4-2)8-9-5-6-10(14(16)17)7-11(9)15(18)19/h5-7H,3-4,8,13H2,1-2H3. The molecule has 0 fully saturated rings. The van der Waals surface area contributed by atoms with E-state index in [9.17, 15) is 20.2 Å². The summed E-state index contributed by atoms with van der Waals surface area (Å²) in [6.45, 7) is 3.83. The Morgan fingerprint density at radius 1 is 1.16 bits per heavy atom. The van der Waals surface area contributed by atoms with Crippen molar-refractivity contribution < 1.29 is 9.85 Å². The van der Waals surface area contributed by atoms with Crippen LogP contribution in [0.2, 0.25) is 0 Å². The minimum Gasteiger partial charge on any atom is -0.325 e. The molecule has 0 bridgehead atoms. The van der Waals surface area contributed by atoms with Gasteiger partial charge in [-0.15, -0.1) is 0 Å². The first-order chi connectivity index (χ1) is 8.83. The summed E-state index contributed by atoms with van der Waals surface area (Å²) in [6, 6.07) is 3.68. The second kappa shape index (κ2) is 5.75. The molecular weight excluding hydrogens is 250 g/mol. The minimum absolute atomic E-state index is 0.245. The number of nitrogens with zero attached hydrogens (tertiary/aromatic N) is 2. The molecule has 0 radical (unpaired) electrons. The summed E-state index contributed by atoms with van der Waals surface area (Å²) in [5, 5.41) is 21.6. The molecule has 104 valence electrons. The fourth-order valence-electron chi connectivity index (χ4n) is 1.86. The molecule has 0 spiro atoms. The molecule has 2 N–H and O–H groups in total. The first-order valence-electron chi connectivity index (χ1n) is 6.03. The molecule has 1 aromatic carbocycles. The van der Waals surface area contributed by atoms with Gasteiger partial charge in [0.15, 0.2) is 0 Å². The van der Waals surface area contributed by atoms with Gasteiger partial charge in [-0.3, -0.25) is 20.2 Å². The Balaban J connectivity index is 3.21. The molecule has 19 heavy (non-hydrogen) atoms. The Kier molecular flexibility index (Phi) is 4.55. The predicted molar refractivity (Wildman–Crippen MR) is 71.0 cm³/mol. The van der Waals surface area contributed by atoms with Gasteiger partial charge in [-0.1, -0.05) is 13.8 Å². The number of hydrogen-bond donors (Lipinski definition) is 1. The lowest BCUT2D eigenvalue weighted by molar-refractivity contribution is -0.394. The fraction of sp³-hybridized carbons (Fsp3) is 0.500. The van der Waals surface area contributed by atoms with E-state index in [1.807, 2.05) is 13.8 Å². The summed E-state index contributed by atoms with van der Waals surface area (Å²) in [5.74, 6) is 0. The Hall–Kier alpha value is -2.02. The third kappa shape index (κ3) is 3.47. The SMILES string of the molecule is CCC(N)(CC)Cc1ccc([N+](=O)[O-])cc1[N+](=O)[O-]. The van der Waals surface area contributed by atoms with E-state index in [1.54, 1.807) is 0 Å². The van der Waals surface area contributed by atoms with Crippen molar-refractivity contribution in [3.8, 4) is 0 Å². The van der Waals surface area contributed by atoms with Gasteiger partial charge in [0.1, 0.15) is 0 Å². The van der Waals surface area contributed by atoms with E-state index in [0.717, 1.165) is 6.07 Å². The normalized spacial score (nSPS) is 11.3. The molecule has 7 nitrogen and oxygen atoms in total. The molecule has 1 aromatic rings. The smallest absolute Gasteiger partial charge is 0.279 e. The zero-order valence-electron chi connectivity index (χ0n) is 11.0. The molecular formula is C12H17N3O4. The van der Waals surface area contributed by atoms with E-state index in [-0.39, 0.29) is 11.4 Å². The summed E-state index contributed by atoms with van der Waals surface area (Å²) in [6.07, 6.45) is 1.68. The maximum absolute atomic E-state index is 11.0. The van der Waals surface area contributed by atoms with E-state index >= 15 is 0 Å². The first-order valence-corrected chi connectivity index (χ1v) is 6.03. The van der Waals surface area contributed by atoms with Crippen LogP contribution in [0.4, 0.5) is 11.4 Å². The topological polar surface area (TPSA) is 112 Å². The number of nitro benzene ring substituents is 2. The quantitative estimate of drug-likeness (QED) is 0.628. The Labute approximate surface area is 110 Å². The van der Waals surface area contributed by atoms with Gasteiger partial charge in [-0.05, 0) is 25.3 Å². The van der Waals surface area contributed by atoms with Crippen LogP contribution < -0.4 is 5.73 Å². The van der Waals surface area contributed by atoms with Crippen LogP contribution in [0.15, 0.2) is 18.2 Å². The number of rotatable bonds is 6. The third-order valence-corrected chi connectivity index (χ3v) is 3.43. The largest absolute Gasteiger partial charge is 0.325 e. The molecule has 0 saturated heterocycles. The van der Waals surface area contributed by atoms with Crippen LogP contribution in [0, 0.1) is 20.2 Å². The highest BCUT2D eigenvalue weighted by Gasteiger charge is 2.27. The lowest BCUT2D eigenvalue weighted by Gasteiger charge is -2.26. The van der Waals surface area contributed by atoms with Gasteiger partial charge in [0.05, 0.1) is 15.9 Å². The van der Waals surface area contributed by atoms with Crippen molar-refractivity contribution >= 4 is 11.4 Å². The Bertz CT molecular complexity index is 498. The van der Waals surface area contributed by atoms with Crippen LogP contribution in [0.1, 0.15) is 32.3 Å². The summed E-state index contributed by atoms with van der Waals surface area (Å²) in [5.41, 5.74) is 5.51. The van der Waals surface area contributed by atoms with Gasteiger partial charge >= 0.3 is 0 Å². The first kappa shape index (κ1) is 15.0. The number of nitrogens with two attached hydrogens (primary N) is 1. The Morgan fingerprint density at radius 3 is 2.16 bits per heavy atom. The van der Waals surface area contributed by atoms with Crippen molar-refractivity contribution in [3.63, 3.8) is 0 Å². The van der Waals surface area contributed by atoms with Crippen molar-refractivity contribution in [3.05, 3.63) is 44.0 Å². The summed E-state index contributed by atoms with van der Waals surface area (Å²) in [4.78, 5) is 20.4. The zero-order chi connectivity index (χ0) is 14.6. The highest BCUT2D eigenvalue weighted by atomic mass is 16.6. The van der Waals surface area contributed by atoms with Crippen molar-refractivity contribution in [2.24, 2.45) is 5.73 Å². The van der Waals surface area contributed by atoms with E-state index in [1.165, 1.54) is 12.1 Å². The highest BCUT2D eigenvalue weighted by molar-refractivity contribution is 5.49. The number of nitro groups is 2. The second-order valence-electron chi connectivity index (χ2n) is 4.57. The summed E-state index contributed by atoms with van der Waals surface area (Å²) < 4.78 is 0. The minimum atomic E-state index is -0.647. The van der Waals surface area contributed by atoms with Crippen molar-refractivity contribution in [1.82, 2.24) is 0 Å². The van der Waals surface area contributed by atoms with E-state index in [2.05, 4.69) is 0 Å². The average molecular weight is 267 g/mol. The molecule has 0 aromatic heterocycles. The predicted octanol–water partition coefficient (Wildman–Crippen LogP) is 2.56. The van der Waals surface area contributed by atoms with Crippen LogP contribution in [-0.2, 0) is 6.42 Å². The van der Waals surface area contributed by atoms with Crippen molar-refractivity contribution in [1.29, 1.82) is 0 Å². The fourth-order valence-corrected chi connectivity index (χ4v) is 1.86. The highest BCUT2D eigenvalue weighted by Crippen LogP contribution is 2.29. The Morgan fingerprint density at radius 2 is 1.74 bits per heavy atom. The van der Waals surface area contributed by atoms with Gasteiger partial charge in [0, 0.05) is 17.2 Å². The maximum atomic E-state index is 11.0. The van der Waals surface area contributed by atoms with Crippen LogP contribution in [-0.4, -0.2) is 15.4 Å². The molecule has 0 heterocycles. The second-order valence-corrected chi connectivity index (χ2v) is 4.57. The molecule has 0 aliphatic carbocycles. The monoisotopic (exact) mass is 267 g/mol. The summed E-state index contributed by atoms with van der Waals surface area (Å²) in [7, 11) is 0. The number of benzene rings is 1. The third-order valence-electron chi connectivity index (χ3n) is 3.43. The van der Waals surface area contributed by atoms with Gasteiger partial charge in [0.25, 0.3) is 11.4 Å². The molecule has 0 aliphatic rings. The van der Waals surface area contributed by atoms with Crippen molar-refractivity contribution in [2.45, 2.75) is 38.6 Å². The van der Waals surface area contributed by atoms with Crippen LogP contribution in [0.25, 0.3) is 0 Å². The molecule has 0 saturated carbocycles. The van der Waals surface area contributed by atoms with Crippen LogP contribution in [0.5, 0.6) is 0 Å². The van der Waals surface area contributed by atoms with Crippen LogP contribution in [0.3, 0.4) is 0 Å². The number of non-ortho nitro benzene ring substituents is 1. The van der Waals surface area contributed by atoms with E-state index in [4.69, 9.17) is 5.73 Å². The molecule has 0 unspecified atom stereocenters. The maximum Gasteiger partial charge on any atom is 0.279 e. The average Bonchev–Trinajstić information content (AvgIpc) is 2.38. The molecule has 1 rings (SSSR count). The van der Waals surface area contributed by atoms with E-state index < -0.39 is 15.4 Å². The zero-order valence-corrected chi connectivity index (χ0v) is 11.0. The molecule has 0 amide bonds. The van der Waals surface area contributed by atoms with Gasteiger partial charge < -0.3 is 5.73 Å². The lowest BCUT2D eigenvalue weighted by atomic mass is 9.86. The van der Waals surface area contributed by atoms with Crippen molar-refractivity contribution in [2.75, 3.05) is 0 Å². The van der Waals surface area contributed by atoms with Gasteiger partial charge in [-0.2, -0.15) is 0 Å². The van der Waals surface area contributed by atoms with Gasteiger partial charge in [0.2, 0.25) is 0 Å². The lowest BCUT2D eigenvalue weighted by Crippen LogP contribution is -2.40. The molecule has 7 heteroatoms. The van der Waals surface area contributed by atoms with E-state index in [0.29, 0.717) is 24.8 Å². The van der Waals surface area contributed by atoms with Crippen LogP contribution >= 0.6 is 0 Å². The number of hydrogen-bond acceptors (Lipinski definition) is 5. The molecule has 0 aliphatic heterocycles. The molecule has 0 atom stereocenters.